The summed E-state index contributed by atoms with van der Waals surface area (Å²) in [4.78, 5) is 31.6. The fourth-order valence-electron chi connectivity index (χ4n) is 4.58. The van der Waals surface area contributed by atoms with Crippen LogP contribution in [0.2, 0.25) is 0 Å². The Balaban J connectivity index is 1.45. The quantitative estimate of drug-likeness (QED) is 0.434. The van der Waals surface area contributed by atoms with Gasteiger partial charge >= 0.3 is 0 Å². The van der Waals surface area contributed by atoms with Gasteiger partial charge in [0.1, 0.15) is 0 Å². The number of primary amides is 1. The van der Waals surface area contributed by atoms with Crippen LogP contribution < -0.4 is 11.1 Å². The smallest absolute Gasteiger partial charge is 0.252 e. The zero-order valence-corrected chi connectivity index (χ0v) is 19.4. The number of benzene rings is 2. The number of nitrogens with two attached hydrogens (primary N) is 1. The average molecular weight is 469 g/mol. The number of carbonyl (C=O) groups excluding carboxylic acids is 2. The number of fused-ring (bicyclic) bond motifs is 1. The molecule has 0 saturated carbocycles. The molecule has 0 radical (unpaired) electrons. The minimum absolute atomic E-state index is 0.0365. The molecule has 2 amide bonds. The molecule has 1 fully saturated rings. The average Bonchev–Trinajstić information content (AvgIpc) is 3.28. The minimum atomic E-state index is -0.326. The lowest BCUT2D eigenvalue weighted by Gasteiger charge is -2.31. The van der Waals surface area contributed by atoms with Crippen LogP contribution in [-0.2, 0) is 11.3 Å². The van der Waals surface area contributed by atoms with Crippen LogP contribution in [0, 0.1) is 0 Å². The van der Waals surface area contributed by atoms with E-state index in [-0.39, 0.29) is 24.4 Å². The van der Waals surface area contributed by atoms with Crippen LogP contribution in [0.25, 0.3) is 22.3 Å². The molecule has 35 heavy (non-hydrogen) atoms. The van der Waals surface area contributed by atoms with Gasteiger partial charge in [0.05, 0.1) is 35.9 Å². The second-order valence-electron chi connectivity index (χ2n) is 8.94. The lowest BCUT2D eigenvalue weighted by molar-refractivity contribution is -0.119. The van der Waals surface area contributed by atoms with Gasteiger partial charge in [-0.25, -0.2) is 9.67 Å². The Hall–Kier alpha value is -4.04. The maximum absolute atomic E-state index is 13.5. The molecule has 2 aromatic carbocycles. The predicted molar refractivity (Wildman–Crippen MR) is 135 cm³/mol. The third-order valence-electron chi connectivity index (χ3n) is 6.40. The van der Waals surface area contributed by atoms with Crippen LogP contribution in [-0.4, -0.2) is 57.2 Å². The van der Waals surface area contributed by atoms with Crippen molar-refractivity contribution in [1.29, 1.82) is 0 Å². The molecule has 1 aliphatic rings. The van der Waals surface area contributed by atoms with Crippen LogP contribution >= 0.6 is 0 Å². The molecule has 3 heterocycles. The summed E-state index contributed by atoms with van der Waals surface area (Å²) in [6.07, 6.45) is 3.27. The van der Waals surface area contributed by atoms with Crippen molar-refractivity contribution in [2.75, 3.05) is 19.6 Å². The monoisotopic (exact) mass is 468 g/mol. The molecule has 0 aliphatic carbocycles. The Morgan fingerprint density at radius 3 is 2.37 bits per heavy atom. The van der Waals surface area contributed by atoms with E-state index in [1.165, 1.54) is 0 Å². The first-order chi connectivity index (χ1) is 17.1. The second-order valence-corrected chi connectivity index (χ2v) is 8.94. The molecule has 0 bridgehead atoms. The largest absolute Gasteiger partial charge is 0.369 e. The number of nitrogens with one attached hydrogen (secondary N) is 1. The number of amides is 2. The SMILES string of the molecule is NC(=O)CN1CCC(NC(=O)c2cc(-c3ccccc3)nc3c2cnn3Cc2ccccc2)CC1. The summed E-state index contributed by atoms with van der Waals surface area (Å²) >= 11 is 0. The molecular weight excluding hydrogens is 440 g/mol. The molecule has 1 saturated heterocycles. The zero-order valence-electron chi connectivity index (χ0n) is 19.4. The van der Waals surface area contributed by atoms with E-state index >= 15 is 0 Å². The van der Waals surface area contributed by atoms with E-state index in [0.717, 1.165) is 48.1 Å². The van der Waals surface area contributed by atoms with Gasteiger partial charge in [-0.1, -0.05) is 60.7 Å². The maximum atomic E-state index is 13.5. The number of aromatic nitrogens is 3. The summed E-state index contributed by atoms with van der Waals surface area (Å²) in [5.74, 6) is -0.463. The summed E-state index contributed by atoms with van der Waals surface area (Å²) < 4.78 is 1.84. The Morgan fingerprint density at radius 1 is 1.00 bits per heavy atom. The number of piperidine rings is 1. The fraction of sp³-hybridized carbons (Fsp3) is 0.259. The number of likely N-dealkylation sites (tertiary alicyclic amines) is 1. The van der Waals surface area contributed by atoms with Crippen molar-refractivity contribution in [3.8, 4) is 11.3 Å². The summed E-state index contributed by atoms with van der Waals surface area (Å²) in [6.45, 7) is 2.27. The Kier molecular flexibility index (Phi) is 6.54. The molecule has 1 aliphatic heterocycles. The van der Waals surface area contributed by atoms with Gasteiger partial charge in [0.25, 0.3) is 5.91 Å². The first kappa shape index (κ1) is 22.7. The molecule has 8 nitrogen and oxygen atoms in total. The third kappa shape index (κ3) is 5.22. The molecule has 3 N–H and O–H groups in total. The third-order valence-corrected chi connectivity index (χ3v) is 6.40. The highest BCUT2D eigenvalue weighted by atomic mass is 16.2. The minimum Gasteiger partial charge on any atom is -0.369 e. The molecule has 0 atom stereocenters. The van der Waals surface area contributed by atoms with E-state index in [1.54, 1.807) is 6.20 Å². The first-order valence-electron chi connectivity index (χ1n) is 11.8. The van der Waals surface area contributed by atoms with Gasteiger partial charge in [0.15, 0.2) is 5.65 Å². The Bertz CT molecular complexity index is 1330. The summed E-state index contributed by atoms with van der Waals surface area (Å²) in [5, 5.41) is 8.49. The fourth-order valence-corrected chi connectivity index (χ4v) is 4.58. The second kappa shape index (κ2) is 10.1. The number of hydrogen-bond donors (Lipinski definition) is 2. The molecule has 2 aromatic heterocycles. The topological polar surface area (TPSA) is 106 Å². The molecule has 0 unspecified atom stereocenters. The summed E-state index contributed by atoms with van der Waals surface area (Å²) in [7, 11) is 0. The van der Waals surface area contributed by atoms with Gasteiger partial charge in [0.2, 0.25) is 5.91 Å². The van der Waals surface area contributed by atoms with Crippen molar-refractivity contribution in [3.05, 3.63) is 84.1 Å². The van der Waals surface area contributed by atoms with E-state index in [4.69, 9.17) is 10.7 Å². The Labute approximate surface area is 203 Å². The highest BCUT2D eigenvalue weighted by molar-refractivity contribution is 6.06. The molecule has 0 spiro atoms. The highest BCUT2D eigenvalue weighted by Gasteiger charge is 2.24. The van der Waals surface area contributed by atoms with E-state index in [9.17, 15) is 9.59 Å². The summed E-state index contributed by atoms with van der Waals surface area (Å²) in [5.41, 5.74) is 9.34. The molecular formula is C27H28N6O2. The van der Waals surface area contributed by atoms with Crippen LogP contribution in [0.15, 0.2) is 72.9 Å². The molecule has 5 rings (SSSR count). The molecule has 178 valence electrons. The highest BCUT2D eigenvalue weighted by Crippen LogP contribution is 2.26. The van der Waals surface area contributed by atoms with Crippen LogP contribution in [0.3, 0.4) is 0 Å². The number of rotatable bonds is 7. The Morgan fingerprint density at radius 2 is 1.69 bits per heavy atom. The molecule has 8 heteroatoms. The van der Waals surface area contributed by atoms with Crippen LogP contribution in [0.5, 0.6) is 0 Å². The van der Waals surface area contributed by atoms with Crippen molar-refractivity contribution in [1.82, 2.24) is 25.0 Å². The predicted octanol–water partition coefficient (Wildman–Crippen LogP) is 2.83. The van der Waals surface area contributed by atoms with Crippen molar-refractivity contribution in [3.63, 3.8) is 0 Å². The van der Waals surface area contributed by atoms with Crippen LogP contribution in [0.4, 0.5) is 0 Å². The number of hydrogen-bond acceptors (Lipinski definition) is 5. The van der Waals surface area contributed by atoms with E-state index < -0.39 is 0 Å². The number of nitrogens with zero attached hydrogens (tertiary/aromatic N) is 4. The van der Waals surface area contributed by atoms with Crippen LogP contribution in [0.1, 0.15) is 28.8 Å². The van der Waals surface area contributed by atoms with Crippen molar-refractivity contribution < 1.29 is 9.59 Å². The number of pyridine rings is 1. The van der Waals surface area contributed by atoms with Gasteiger partial charge in [-0.15, -0.1) is 0 Å². The standard InChI is InChI=1S/C27H28N6O2/c28-25(34)18-32-13-11-21(12-14-32)30-27(35)22-15-24(20-9-5-2-6-10-20)31-26-23(22)16-29-33(26)17-19-7-3-1-4-8-19/h1-10,15-16,21H,11-14,17-18H2,(H2,28,34)(H,30,35). The number of carbonyl (C=O) groups is 2. The van der Waals surface area contributed by atoms with E-state index in [2.05, 4.69) is 10.4 Å². The van der Waals surface area contributed by atoms with Gasteiger partial charge in [-0.3, -0.25) is 14.5 Å². The zero-order chi connectivity index (χ0) is 24.2. The van der Waals surface area contributed by atoms with Gasteiger partial charge in [0, 0.05) is 24.7 Å². The van der Waals surface area contributed by atoms with Crippen molar-refractivity contribution >= 4 is 22.8 Å². The van der Waals surface area contributed by atoms with Crippen molar-refractivity contribution in [2.24, 2.45) is 5.73 Å². The summed E-state index contributed by atoms with van der Waals surface area (Å²) in [6, 6.07) is 21.8. The van der Waals surface area contributed by atoms with Gasteiger partial charge in [-0.05, 0) is 24.5 Å². The van der Waals surface area contributed by atoms with Gasteiger partial charge < -0.3 is 11.1 Å². The van der Waals surface area contributed by atoms with Gasteiger partial charge in [-0.2, -0.15) is 5.10 Å². The normalized spacial score (nSPS) is 14.7. The lowest BCUT2D eigenvalue weighted by atomic mass is 10.0. The maximum Gasteiger partial charge on any atom is 0.252 e. The molecule has 4 aromatic rings. The lowest BCUT2D eigenvalue weighted by Crippen LogP contribution is -2.46. The first-order valence-corrected chi connectivity index (χ1v) is 11.8. The van der Waals surface area contributed by atoms with E-state index in [1.807, 2.05) is 76.3 Å². The van der Waals surface area contributed by atoms with Crippen molar-refractivity contribution in [2.45, 2.75) is 25.4 Å². The van der Waals surface area contributed by atoms with E-state index in [0.29, 0.717) is 17.8 Å².